The van der Waals surface area contributed by atoms with Crippen molar-refractivity contribution in [2.24, 2.45) is 0 Å². The molecule has 1 aliphatic heterocycles. The maximum Gasteiger partial charge on any atom is 0.261 e. The number of amides is 3. The van der Waals surface area contributed by atoms with Gasteiger partial charge in [0, 0.05) is 21.4 Å². The van der Waals surface area contributed by atoms with Gasteiger partial charge in [-0.25, -0.2) is 0 Å². The molecule has 110 valence electrons. The number of anilines is 2. The molecule has 0 saturated carbocycles. The second-order valence-corrected chi connectivity index (χ2v) is 5.65. The van der Waals surface area contributed by atoms with Crippen LogP contribution in [0.2, 0.25) is 0 Å². The zero-order valence-corrected chi connectivity index (χ0v) is 12.7. The first kappa shape index (κ1) is 14.3. The quantitative estimate of drug-likeness (QED) is 0.564. The Hall–Kier alpha value is -2.67. The molecule has 0 spiro atoms. The Bertz CT molecular complexity index is 816. The van der Waals surface area contributed by atoms with Gasteiger partial charge < -0.3 is 11.1 Å². The molecule has 6 nitrogen and oxygen atoms in total. The van der Waals surface area contributed by atoms with Gasteiger partial charge in [0.1, 0.15) is 0 Å². The largest absolute Gasteiger partial charge is 0.398 e. The van der Waals surface area contributed by atoms with Crippen molar-refractivity contribution in [3.05, 3.63) is 57.6 Å². The summed E-state index contributed by atoms with van der Waals surface area (Å²) in [5, 5.41) is 4.82. The van der Waals surface area contributed by atoms with E-state index in [1.807, 2.05) is 0 Å². The van der Waals surface area contributed by atoms with Crippen molar-refractivity contribution in [1.82, 2.24) is 5.32 Å². The van der Waals surface area contributed by atoms with Gasteiger partial charge in [-0.1, -0.05) is 15.9 Å². The highest BCUT2D eigenvalue weighted by atomic mass is 79.9. The molecule has 4 N–H and O–H groups in total. The minimum absolute atomic E-state index is 0.145. The van der Waals surface area contributed by atoms with E-state index in [0.717, 1.165) is 4.47 Å². The van der Waals surface area contributed by atoms with E-state index in [-0.39, 0.29) is 22.7 Å². The van der Waals surface area contributed by atoms with Gasteiger partial charge in [-0.2, -0.15) is 0 Å². The third kappa shape index (κ3) is 2.46. The summed E-state index contributed by atoms with van der Waals surface area (Å²) in [6.45, 7) is 0. The zero-order valence-electron chi connectivity index (χ0n) is 11.1. The average molecular weight is 360 g/mol. The number of nitrogens with one attached hydrogen (secondary N) is 2. The van der Waals surface area contributed by atoms with Crippen molar-refractivity contribution in [2.45, 2.75) is 0 Å². The van der Waals surface area contributed by atoms with Crippen LogP contribution in [-0.4, -0.2) is 17.7 Å². The maximum atomic E-state index is 12.1. The van der Waals surface area contributed by atoms with Crippen molar-refractivity contribution < 1.29 is 14.4 Å². The van der Waals surface area contributed by atoms with Crippen LogP contribution in [0.25, 0.3) is 0 Å². The fourth-order valence-corrected chi connectivity index (χ4v) is 2.47. The molecule has 3 rings (SSSR count). The molecular formula is C15H10BrN3O3. The summed E-state index contributed by atoms with van der Waals surface area (Å²) in [4.78, 5) is 35.4. The first-order valence-electron chi connectivity index (χ1n) is 6.32. The number of carbonyl (C=O) groups is 3. The molecule has 0 aromatic heterocycles. The van der Waals surface area contributed by atoms with E-state index >= 15 is 0 Å². The Morgan fingerprint density at radius 1 is 1.09 bits per heavy atom. The number of benzene rings is 2. The van der Waals surface area contributed by atoms with E-state index in [1.54, 1.807) is 24.3 Å². The summed E-state index contributed by atoms with van der Waals surface area (Å²) >= 11 is 3.29. The molecule has 7 heteroatoms. The molecular weight excluding hydrogens is 350 g/mol. The van der Waals surface area contributed by atoms with Crippen molar-refractivity contribution >= 4 is 45.0 Å². The van der Waals surface area contributed by atoms with Crippen LogP contribution in [0.1, 0.15) is 31.1 Å². The molecule has 1 aliphatic rings. The second-order valence-electron chi connectivity index (χ2n) is 4.73. The number of fused-ring (bicyclic) bond motifs is 1. The smallest absolute Gasteiger partial charge is 0.261 e. The molecule has 22 heavy (non-hydrogen) atoms. The van der Waals surface area contributed by atoms with E-state index in [1.165, 1.54) is 12.1 Å². The highest BCUT2D eigenvalue weighted by molar-refractivity contribution is 9.10. The first-order valence-corrected chi connectivity index (χ1v) is 7.11. The van der Waals surface area contributed by atoms with Crippen LogP contribution in [0.3, 0.4) is 0 Å². The number of hydrogen-bond donors (Lipinski definition) is 3. The summed E-state index contributed by atoms with van der Waals surface area (Å²) < 4.78 is 0.862. The Morgan fingerprint density at radius 2 is 1.77 bits per heavy atom. The molecule has 2 aromatic rings. The van der Waals surface area contributed by atoms with E-state index in [0.29, 0.717) is 11.3 Å². The third-order valence-electron chi connectivity index (χ3n) is 3.23. The Labute approximate surface area is 133 Å². The summed E-state index contributed by atoms with van der Waals surface area (Å²) in [6, 6.07) is 9.70. The van der Waals surface area contributed by atoms with Crippen LogP contribution in [0.15, 0.2) is 40.9 Å². The number of imide groups is 1. The fraction of sp³-hybridized carbons (Fsp3) is 0. The number of carbonyl (C=O) groups excluding carboxylic acids is 3. The van der Waals surface area contributed by atoms with Gasteiger partial charge in [0.25, 0.3) is 17.7 Å². The molecule has 0 fully saturated rings. The van der Waals surface area contributed by atoms with Gasteiger partial charge in [0.05, 0.1) is 11.1 Å². The number of rotatable bonds is 2. The van der Waals surface area contributed by atoms with Crippen molar-refractivity contribution in [1.29, 1.82) is 0 Å². The molecule has 3 amide bonds. The van der Waals surface area contributed by atoms with Gasteiger partial charge >= 0.3 is 0 Å². The lowest BCUT2D eigenvalue weighted by molar-refractivity contribution is 0.0879. The molecule has 0 bridgehead atoms. The molecule has 0 radical (unpaired) electrons. The van der Waals surface area contributed by atoms with Crippen LogP contribution in [0, 0.1) is 0 Å². The SMILES string of the molecule is Nc1cc(NC(=O)c2ccc(Br)cc2)cc2c1C(=O)NC2=O. The van der Waals surface area contributed by atoms with Crippen molar-refractivity contribution in [3.8, 4) is 0 Å². The first-order chi connectivity index (χ1) is 10.5. The number of halogens is 1. The molecule has 2 aromatic carbocycles. The van der Waals surface area contributed by atoms with E-state index < -0.39 is 11.8 Å². The van der Waals surface area contributed by atoms with Crippen LogP contribution in [0.5, 0.6) is 0 Å². The maximum absolute atomic E-state index is 12.1. The predicted octanol–water partition coefficient (Wildman–Crippen LogP) is 2.17. The highest BCUT2D eigenvalue weighted by Gasteiger charge is 2.29. The lowest BCUT2D eigenvalue weighted by Gasteiger charge is -2.08. The monoisotopic (exact) mass is 359 g/mol. The summed E-state index contributed by atoms with van der Waals surface area (Å²) in [5.74, 6) is -1.38. The van der Waals surface area contributed by atoms with Gasteiger partial charge in [0.2, 0.25) is 0 Å². The summed E-state index contributed by atoms with van der Waals surface area (Å²) in [7, 11) is 0. The summed E-state index contributed by atoms with van der Waals surface area (Å²) in [6.07, 6.45) is 0. The van der Waals surface area contributed by atoms with Crippen molar-refractivity contribution in [3.63, 3.8) is 0 Å². The molecule has 0 aliphatic carbocycles. The van der Waals surface area contributed by atoms with Crippen LogP contribution >= 0.6 is 15.9 Å². The topological polar surface area (TPSA) is 101 Å². The Balaban J connectivity index is 1.91. The van der Waals surface area contributed by atoms with Crippen LogP contribution < -0.4 is 16.4 Å². The lowest BCUT2D eigenvalue weighted by atomic mass is 10.1. The van der Waals surface area contributed by atoms with Gasteiger partial charge in [0.15, 0.2) is 0 Å². The minimum atomic E-state index is -0.525. The Kier molecular flexibility index (Phi) is 3.42. The molecule has 1 heterocycles. The van der Waals surface area contributed by atoms with Gasteiger partial charge in [-0.05, 0) is 36.4 Å². The van der Waals surface area contributed by atoms with Crippen molar-refractivity contribution in [2.75, 3.05) is 11.1 Å². The van der Waals surface area contributed by atoms with E-state index in [2.05, 4.69) is 26.6 Å². The third-order valence-corrected chi connectivity index (χ3v) is 3.76. The number of nitrogens with two attached hydrogens (primary N) is 1. The Morgan fingerprint density at radius 3 is 2.45 bits per heavy atom. The average Bonchev–Trinajstić information content (AvgIpc) is 2.74. The minimum Gasteiger partial charge on any atom is -0.398 e. The standard InChI is InChI=1S/C15H10BrN3O3/c16-8-3-1-7(2-4-8)13(20)18-9-5-10-12(11(17)6-9)15(22)19-14(10)21/h1-6H,17H2,(H,18,20)(H,19,21,22). The molecule has 0 unspecified atom stereocenters. The predicted molar refractivity (Wildman–Crippen MR) is 84.7 cm³/mol. The summed E-state index contributed by atoms with van der Waals surface area (Å²) in [5.41, 5.74) is 7.06. The molecule has 0 atom stereocenters. The van der Waals surface area contributed by atoms with E-state index in [4.69, 9.17) is 5.73 Å². The van der Waals surface area contributed by atoms with Crippen LogP contribution in [-0.2, 0) is 0 Å². The second kappa shape index (κ2) is 5.27. The normalized spacial score (nSPS) is 12.8. The lowest BCUT2D eigenvalue weighted by Crippen LogP contribution is -2.20. The van der Waals surface area contributed by atoms with E-state index in [9.17, 15) is 14.4 Å². The number of nitrogen functional groups attached to an aromatic ring is 1. The van der Waals surface area contributed by atoms with Gasteiger partial charge in [-0.3, -0.25) is 19.7 Å². The molecule has 0 saturated heterocycles. The van der Waals surface area contributed by atoms with Gasteiger partial charge in [-0.15, -0.1) is 0 Å². The van der Waals surface area contributed by atoms with Crippen LogP contribution in [0.4, 0.5) is 11.4 Å². The number of hydrogen-bond acceptors (Lipinski definition) is 4. The fourth-order valence-electron chi connectivity index (χ4n) is 2.21. The highest BCUT2D eigenvalue weighted by Crippen LogP contribution is 2.27. The zero-order chi connectivity index (χ0) is 15.9.